The van der Waals surface area contributed by atoms with Crippen molar-refractivity contribution in [1.29, 1.82) is 0 Å². The molecule has 288 valence electrons. The van der Waals surface area contributed by atoms with Crippen LogP contribution < -0.4 is 43.4 Å². The largest absolute Gasteiger partial charge is 0.351 e. The van der Waals surface area contributed by atoms with Crippen LogP contribution in [0.4, 0.5) is 11.4 Å². The number of hydrogen-bond donors (Lipinski definition) is 11. The Labute approximate surface area is 318 Å². The van der Waals surface area contributed by atoms with Gasteiger partial charge in [0.05, 0.1) is 0 Å². The minimum Gasteiger partial charge on any atom is -0.351 e. The lowest BCUT2D eigenvalue weighted by Crippen LogP contribution is -2.28. The summed E-state index contributed by atoms with van der Waals surface area (Å²) in [4.78, 5) is 61.3. The number of nitrogens with one attached hydrogen (secondary N) is 9. The molecule has 3 heterocycles. The van der Waals surface area contributed by atoms with Gasteiger partial charge in [-0.2, -0.15) is 0 Å². The Kier molecular flexibility index (Phi) is 13.3. The molecule has 3 aromatic carbocycles. The third kappa shape index (κ3) is 10.4. The lowest BCUT2D eigenvalue weighted by atomic mass is 10.1. The van der Waals surface area contributed by atoms with Crippen LogP contribution >= 0.6 is 0 Å². The lowest BCUT2D eigenvalue weighted by Gasteiger charge is -2.05. The first-order chi connectivity index (χ1) is 26.8. The highest BCUT2D eigenvalue weighted by Gasteiger charge is 2.15. The van der Waals surface area contributed by atoms with Crippen LogP contribution in [0.5, 0.6) is 0 Å². The van der Waals surface area contributed by atoms with E-state index in [0.717, 1.165) is 73.7 Å². The summed E-state index contributed by atoms with van der Waals surface area (Å²) in [5, 5.41) is 20.6. The molecule has 0 saturated heterocycles. The normalized spacial score (nSPS) is 11.3. The van der Waals surface area contributed by atoms with Crippen molar-refractivity contribution < 1.29 is 19.2 Å². The third-order valence-electron chi connectivity index (χ3n) is 9.12. The molecule has 0 aliphatic rings. The monoisotopic (exact) mass is 747 g/mol. The van der Waals surface area contributed by atoms with Crippen LogP contribution in [0, 0.1) is 0 Å². The number of benzene rings is 3. The van der Waals surface area contributed by atoms with Gasteiger partial charge in [0.25, 0.3) is 23.6 Å². The molecule has 0 saturated carbocycles. The molecule has 15 nitrogen and oxygen atoms in total. The van der Waals surface area contributed by atoms with Crippen molar-refractivity contribution in [2.75, 3.05) is 63.0 Å². The highest BCUT2D eigenvalue weighted by Crippen LogP contribution is 2.24. The Balaban J connectivity index is 1.02. The molecule has 0 bridgehead atoms. The number of carbonyl (C=O) groups is 4. The van der Waals surface area contributed by atoms with Crippen LogP contribution in [0.3, 0.4) is 0 Å². The van der Waals surface area contributed by atoms with Gasteiger partial charge in [-0.25, -0.2) is 0 Å². The highest BCUT2D eigenvalue weighted by atomic mass is 16.2. The average molecular weight is 748 g/mol. The third-order valence-corrected chi connectivity index (χ3v) is 9.12. The van der Waals surface area contributed by atoms with E-state index in [9.17, 15) is 19.2 Å². The van der Waals surface area contributed by atoms with E-state index in [-0.39, 0.29) is 23.6 Å². The molecular formula is C40H49N11O4. The van der Waals surface area contributed by atoms with Crippen molar-refractivity contribution in [3.05, 3.63) is 95.4 Å². The predicted octanol–water partition coefficient (Wildman–Crippen LogP) is 3.75. The fraction of sp³-hybridized carbons (Fsp3) is 0.300. The summed E-state index contributed by atoms with van der Waals surface area (Å²) in [5.41, 5.74) is 16.0. The molecule has 15 heteroatoms. The average Bonchev–Trinajstić information content (AvgIpc) is 3.93. The van der Waals surface area contributed by atoms with Gasteiger partial charge in [0, 0.05) is 62.7 Å². The molecule has 6 rings (SSSR count). The molecule has 3 aromatic heterocycles. The number of rotatable bonds is 20. The fourth-order valence-corrected chi connectivity index (χ4v) is 6.19. The maximum atomic E-state index is 13.3. The van der Waals surface area contributed by atoms with Crippen LogP contribution in [0.15, 0.2) is 72.8 Å². The maximum absolute atomic E-state index is 13.3. The summed E-state index contributed by atoms with van der Waals surface area (Å²) in [6.45, 7) is 5.73. The second-order valence-corrected chi connectivity index (χ2v) is 13.4. The first kappa shape index (κ1) is 38.7. The van der Waals surface area contributed by atoms with E-state index >= 15 is 0 Å². The fourth-order valence-electron chi connectivity index (χ4n) is 6.19. The quantitative estimate of drug-likeness (QED) is 0.0513. The minimum absolute atomic E-state index is 0.192. The Morgan fingerprint density at radius 2 is 0.873 bits per heavy atom. The van der Waals surface area contributed by atoms with Gasteiger partial charge in [-0.3, -0.25) is 19.2 Å². The van der Waals surface area contributed by atoms with Crippen molar-refractivity contribution in [3.63, 3.8) is 0 Å². The van der Waals surface area contributed by atoms with E-state index in [2.05, 4.69) is 46.9 Å². The molecule has 6 aromatic rings. The van der Waals surface area contributed by atoms with Crippen molar-refractivity contribution in [3.8, 4) is 0 Å². The van der Waals surface area contributed by atoms with Gasteiger partial charge in [-0.05, 0) is 138 Å². The van der Waals surface area contributed by atoms with Crippen LogP contribution in [-0.4, -0.2) is 90.9 Å². The number of aromatic amines is 3. The van der Waals surface area contributed by atoms with Crippen LogP contribution in [0.2, 0.25) is 0 Å². The maximum Gasteiger partial charge on any atom is 0.272 e. The Morgan fingerprint density at radius 3 is 1.36 bits per heavy atom. The predicted molar refractivity (Wildman–Crippen MR) is 218 cm³/mol. The molecule has 0 unspecified atom stereocenters. The number of hydrogen-bond acceptors (Lipinski definition) is 8. The molecular weight excluding hydrogens is 699 g/mol. The summed E-state index contributed by atoms with van der Waals surface area (Å²) < 4.78 is 0. The van der Waals surface area contributed by atoms with Crippen molar-refractivity contribution in [2.24, 2.45) is 11.5 Å². The van der Waals surface area contributed by atoms with Gasteiger partial charge in [-0.1, -0.05) is 0 Å². The molecule has 0 spiro atoms. The van der Waals surface area contributed by atoms with Gasteiger partial charge in [-0.15, -0.1) is 0 Å². The molecule has 0 aliphatic carbocycles. The Hall–Kier alpha value is -6.00. The molecule has 0 radical (unpaired) electrons. The molecule has 13 N–H and O–H groups in total. The summed E-state index contributed by atoms with van der Waals surface area (Å²) >= 11 is 0. The van der Waals surface area contributed by atoms with Gasteiger partial charge in [0.1, 0.15) is 17.1 Å². The Bertz CT molecular complexity index is 2150. The molecule has 0 aliphatic heterocycles. The number of carbonyl (C=O) groups excluding carboxylic acids is 4. The van der Waals surface area contributed by atoms with Crippen molar-refractivity contribution in [1.82, 2.24) is 36.2 Å². The van der Waals surface area contributed by atoms with Gasteiger partial charge in [0.2, 0.25) is 0 Å². The summed E-state index contributed by atoms with van der Waals surface area (Å²) in [6.07, 6.45) is 3.45. The topological polar surface area (TPSA) is 240 Å². The minimum atomic E-state index is -0.349. The molecule has 55 heavy (non-hydrogen) atoms. The number of anilines is 2. The first-order valence-corrected chi connectivity index (χ1v) is 18.7. The number of nitrogens with two attached hydrogens (primary N) is 2. The molecule has 0 fully saturated rings. The summed E-state index contributed by atoms with van der Waals surface area (Å²) in [6, 6.07) is 21.2. The number of H-pyrrole nitrogens is 3. The number of amides is 4. The first-order valence-electron chi connectivity index (χ1n) is 18.7. The zero-order chi connectivity index (χ0) is 38.6. The summed E-state index contributed by atoms with van der Waals surface area (Å²) in [5.74, 6) is -1.05. The summed E-state index contributed by atoms with van der Waals surface area (Å²) in [7, 11) is 0. The SMILES string of the molecule is NCCCNCCCNC(=O)c1cc2cc(NC(=O)c3ccc4[nH]c(C(=O)Nc5ccc6[nH]c(C(=O)NCCCNCCCN)cc6c5)cc4c3)ccc2[nH]1. The number of aromatic nitrogens is 3. The highest BCUT2D eigenvalue weighted by molar-refractivity contribution is 6.10. The van der Waals surface area contributed by atoms with E-state index in [1.54, 1.807) is 54.6 Å². The van der Waals surface area contributed by atoms with E-state index in [0.29, 0.717) is 71.1 Å². The smallest absolute Gasteiger partial charge is 0.272 e. The van der Waals surface area contributed by atoms with Crippen LogP contribution in [-0.2, 0) is 0 Å². The Morgan fingerprint density at radius 1 is 0.455 bits per heavy atom. The van der Waals surface area contributed by atoms with Crippen LogP contribution in [0.25, 0.3) is 32.7 Å². The zero-order valence-electron chi connectivity index (χ0n) is 30.7. The van der Waals surface area contributed by atoms with Crippen molar-refractivity contribution >= 4 is 67.7 Å². The zero-order valence-corrected chi connectivity index (χ0v) is 30.7. The van der Waals surface area contributed by atoms with E-state index in [1.807, 2.05) is 18.2 Å². The van der Waals surface area contributed by atoms with Gasteiger partial charge < -0.3 is 58.3 Å². The second-order valence-electron chi connectivity index (χ2n) is 13.4. The number of fused-ring (bicyclic) bond motifs is 3. The van der Waals surface area contributed by atoms with Gasteiger partial charge in [0.15, 0.2) is 0 Å². The molecule has 4 amide bonds. The van der Waals surface area contributed by atoms with Crippen LogP contribution in [0.1, 0.15) is 67.5 Å². The van der Waals surface area contributed by atoms with E-state index in [1.165, 1.54) is 0 Å². The van der Waals surface area contributed by atoms with E-state index in [4.69, 9.17) is 11.5 Å². The van der Waals surface area contributed by atoms with Gasteiger partial charge >= 0.3 is 0 Å². The lowest BCUT2D eigenvalue weighted by molar-refractivity contribution is 0.0941. The molecule has 0 atom stereocenters. The van der Waals surface area contributed by atoms with E-state index < -0.39 is 0 Å². The second kappa shape index (κ2) is 18.9. The standard InChI is InChI=1S/C40H49N11O4/c41-11-1-13-43-15-3-17-45-38(53)34-23-27-20-29(6-9-32(27)49-34)47-37(52)25-5-8-31-26(19-25)22-36(51-31)40(55)48-30-7-10-33-28(21-30)24-35(50-33)39(54)46-18-4-16-44-14-2-12-42/h5-10,19-24,43-44,49-51H,1-4,11-18,41-42H2,(H,45,53)(H,46,54)(H,47,52)(H,48,55). The van der Waals surface area contributed by atoms with Crippen molar-refractivity contribution in [2.45, 2.75) is 25.7 Å².